The molecule has 0 fully saturated rings. The summed E-state index contributed by atoms with van der Waals surface area (Å²) >= 11 is 0. The van der Waals surface area contributed by atoms with Crippen molar-refractivity contribution in [2.45, 2.75) is 6.10 Å². The third-order valence-electron chi connectivity index (χ3n) is 3.44. The van der Waals surface area contributed by atoms with Gasteiger partial charge in [0.15, 0.2) is 0 Å². The fourth-order valence-corrected chi connectivity index (χ4v) is 2.42. The Hall–Kier alpha value is -2.59. The lowest BCUT2D eigenvalue weighted by Gasteiger charge is -2.12. The molecule has 0 saturated heterocycles. The molecule has 0 saturated carbocycles. The van der Waals surface area contributed by atoms with Gasteiger partial charge in [0.25, 0.3) is 0 Å². The highest BCUT2D eigenvalue weighted by Gasteiger charge is 2.16. The van der Waals surface area contributed by atoms with Crippen molar-refractivity contribution in [3.05, 3.63) is 67.0 Å². The third kappa shape index (κ3) is 2.30. The molecule has 0 radical (unpaired) electrons. The predicted molar refractivity (Wildman–Crippen MR) is 82.8 cm³/mol. The molecular weight excluding hydrogens is 264 g/mol. The normalized spacial score (nSPS) is 12.3. The van der Waals surface area contributed by atoms with Crippen molar-refractivity contribution in [1.29, 1.82) is 0 Å². The average Bonchev–Trinajstić information content (AvgIpc) is 2.93. The van der Waals surface area contributed by atoms with E-state index in [1.54, 1.807) is 13.3 Å². The second-order valence-corrected chi connectivity index (χ2v) is 4.70. The summed E-state index contributed by atoms with van der Waals surface area (Å²) < 4.78 is 7.19. The molecule has 4 heteroatoms. The van der Waals surface area contributed by atoms with E-state index in [1.165, 1.54) is 6.08 Å². The van der Waals surface area contributed by atoms with Crippen LogP contribution in [0.4, 0.5) is 0 Å². The summed E-state index contributed by atoms with van der Waals surface area (Å²) in [6.45, 7) is 3.67. The summed E-state index contributed by atoms with van der Waals surface area (Å²) in [4.78, 5) is 4.38. The fraction of sp³-hybridized carbons (Fsp3) is 0.118. The van der Waals surface area contributed by atoms with Crippen LogP contribution in [0.2, 0.25) is 0 Å². The van der Waals surface area contributed by atoms with Crippen molar-refractivity contribution in [3.63, 3.8) is 0 Å². The number of rotatable bonds is 4. The zero-order valence-electron chi connectivity index (χ0n) is 11.7. The zero-order valence-corrected chi connectivity index (χ0v) is 11.7. The monoisotopic (exact) mass is 280 g/mol. The second-order valence-electron chi connectivity index (χ2n) is 4.70. The second kappa shape index (κ2) is 5.42. The molecule has 2 heterocycles. The number of benzene rings is 1. The van der Waals surface area contributed by atoms with Crippen molar-refractivity contribution in [1.82, 2.24) is 9.55 Å². The molecule has 106 valence electrons. The third-order valence-corrected chi connectivity index (χ3v) is 3.44. The lowest BCUT2D eigenvalue weighted by molar-refractivity contribution is 0.222. The standard InChI is InChI=1S/C17H16N2O2/c1-3-16(20)15-11-12-10-13(21-2)7-8-14(12)19(15)17-6-4-5-9-18-17/h3-11,16,20H,1H2,2H3. The topological polar surface area (TPSA) is 47.3 Å². The van der Waals surface area contributed by atoms with Crippen LogP contribution in [-0.2, 0) is 0 Å². The molecule has 1 aromatic carbocycles. The van der Waals surface area contributed by atoms with Crippen LogP contribution < -0.4 is 4.74 Å². The summed E-state index contributed by atoms with van der Waals surface area (Å²) in [5, 5.41) is 11.2. The molecule has 0 aliphatic heterocycles. The van der Waals surface area contributed by atoms with Crippen molar-refractivity contribution in [2.24, 2.45) is 0 Å². The fourth-order valence-electron chi connectivity index (χ4n) is 2.42. The van der Waals surface area contributed by atoms with Gasteiger partial charge in [0.05, 0.1) is 18.3 Å². The summed E-state index contributed by atoms with van der Waals surface area (Å²) in [7, 11) is 1.64. The van der Waals surface area contributed by atoms with Crippen LogP contribution in [0.25, 0.3) is 16.7 Å². The van der Waals surface area contributed by atoms with E-state index < -0.39 is 6.10 Å². The highest BCUT2D eigenvalue weighted by atomic mass is 16.5. The van der Waals surface area contributed by atoms with Crippen LogP contribution >= 0.6 is 0 Å². The number of hydrogen-bond donors (Lipinski definition) is 1. The Morgan fingerprint density at radius 1 is 1.29 bits per heavy atom. The SMILES string of the molecule is C=CC(O)c1cc2cc(OC)ccc2n1-c1ccccn1. The van der Waals surface area contributed by atoms with Crippen LogP contribution in [0.1, 0.15) is 11.8 Å². The van der Waals surface area contributed by atoms with Crippen LogP contribution in [-0.4, -0.2) is 21.8 Å². The maximum atomic E-state index is 10.2. The van der Waals surface area contributed by atoms with Gasteiger partial charge in [-0.1, -0.05) is 12.1 Å². The van der Waals surface area contributed by atoms with E-state index >= 15 is 0 Å². The van der Waals surface area contributed by atoms with Gasteiger partial charge in [-0.05, 0) is 36.4 Å². The molecule has 3 aromatic rings. The maximum Gasteiger partial charge on any atom is 0.137 e. The number of hydrogen-bond acceptors (Lipinski definition) is 3. The van der Waals surface area contributed by atoms with Crippen LogP contribution in [0.15, 0.2) is 61.3 Å². The van der Waals surface area contributed by atoms with Gasteiger partial charge in [-0.3, -0.25) is 4.57 Å². The van der Waals surface area contributed by atoms with Crippen molar-refractivity contribution >= 4 is 10.9 Å². The molecular formula is C17H16N2O2. The Balaban J connectivity index is 2.31. The maximum absolute atomic E-state index is 10.2. The van der Waals surface area contributed by atoms with Gasteiger partial charge >= 0.3 is 0 Å². The molecule has 2 aromatic heterocycles. The number of aliphatic hydroxyl groups excluding tert-OH is 1. The molecule has 0 bridgehead atoms. The number of aliphatic hydroxyl groups is 1. The number of ether oxygens (including phenoxy) is 1. The van der Waals surface area contributed by atoms with E-state index in [1.807, 2.05) is 47.0 Å². The Morgan fingerprint density at radius 2 is 2.14 bits per heavy atom. The van der Waals surface area contributed by atoms with Gasteiger partial charge in [0.2, 0.25) is 0 Å². The minimum Gasteiger partial charge on any atom is -0.497 e. The van der Waals surface area contributed by atoms with Crippen molar-refractivity contribution < 1.29 is 9.84 Å². The molecule has 0 amide bonds. The van der Waals surface area contributed by atoms with Crippen LogP contribution in [0, 0.1) is 0 Å². The van der Waals surface area contributed by atoms with E-state index in [9.17, 15) is 5.11 Å². The Labute approximate surface area is 122 Å². The molecule has 1 unspecified atom stereocenters. The molecule has 1 atom stereocenters. The molecule has 21 heavy (non-hydrogen) atoms. The summed E-state index contributed by atoms with van der Waals surface area (Å²) in [6, 6.07) is 13.4. The predicted octanol–water partition coefficient (Wildman–Crippen LogP) is 3.25. The van der Waals surface area contributed by atoms with Crippen LogP contribution in [0.3, 0.4) is 0 Å². The smallest absolute Gasteiger partial charge is 0.137 e. The van der Waals surface area contributed by atoms with E-state index in [0.29, 0.717) is 0 Å². The number of nitrogens with zero attached hydrogens (tertiary/aromatic N) is 2. The van der Waals surface area contributed by atoms with Gasteiger partial charge < -0.3 is 9.84 Å². The molecule has 1 N–H and O–H groups in total. The van der Waals surface area contributed by atoms with Crippen molar-refractivity contribution in [2.75, 3.05) is 7.11 Å². The van der Waals surface area contributed by atoms with Gasteiger partial charge in [-0.2, -0.15) is 0 Å². The molecule has 0 spiro atoms. The molecule has 4 nitrogen and oxygen atoms in total. The highest BCUT2D eigenvalue weighted by molar-refractivity contribution is 5.84. The number of methoxy groups -OCH3 is 1. The largest absolute Gasteiger partial charge is 0.497 e. The lowest BCUT2D eigenvalue weighted by atomic mass is 10.2. The summed E-state index contributed by atoms with van der Waals surface area (Å²) in [5.74, 6) is 1.54. The minimum absolute atomic E-state index is 0.729. The quantitative estimate of drug-likeness (QED) is 0.746. The zero-order chi connectivity index (χ0) is 14.8. The Bertz CT molecular complexity index is 778. The lowest BCUT2D eigenvalue weighted by Crippen LogP contribution is -2.05. The van der Waals surface area contributed by atoms with Gasteiger partial charge in [-0.25, -0.2) is 4.98 Å². The first-order chi connectivity index (χ1) is 10.2. The summed E-state index contributed by atoms with van der Waals surface area (Å²) in [5.41, 5.74) is 1.69. The van der Waals surface area contributed by atoms with E-state index in [2.05, 4.69) is 11.6 Å². The number of fused-ring (bicyclic) bond motifs is 1. The first kappa shape index (κ1) is 13.4. The average molecular weight is 280 g/mol. The molecule has 0 aliphatic rings. The van der Waals surface area contributed by atoms with Crippen LogP contribution in [0.5, 0.6) is 5.75 Å². The minimum atomic E-state index is -0.759. The highest BCUT2D eigenvalue weighted by Crippen LogP contribution is 2.30. The first-order valence-electron chi connectivity index (χ1n) is 6.66. The van der Waals surface area contributed by atoms with Gasteiger partial charge in [0, 0.05) is 11.6 Å². The number of aromatic nitrogens is 2. The molecule has 0 aliphatic carbocycles. The van der Waals surface area contributed by atoms with E-state index in [4.69, 9.17) is 4.74 Å². The van der Waals surface area contributed by atoms with E-state index in [-0.39, 0.29) is 0 Å². The van der Waals surface area contributed by atoms with E-state index in [0.717, 1.165) is 28.2 Å². The summed E-state index contributed by atoms with van der Waals surface area (Å²) in [6.07, 6.45) is 2.48. The first-order valence-corrected chi connectivity index (χ1v) is 6.66. The van der Waals surface area contributed by atoms with Gasteiger partial charge in [0.1, 0.15) is 17.7 Å². The van der Waals surface area contributed by atoms with Crippen molar-refractivity contribution in [3.8, 4) is 11.6 Å². The Kier molecular flexibility index (Phi) is 3.46. The molecule has 3 rings (SSSR count). The Morgan fingerprint density at radius 3 is 2.81 bits per heavy atom. The van der Waals surface area contributed by atoms with Gasteiger partial charge in [-0.15, -0.1) is 6.58 Å². The number of pyridine rings is 1.